The van der Waals surface area contributed by atoms with E-state index in [-0.39, 0.29) is 5.91 Å². The molecule has 0 unspecified atom stereocenters. The van der Waals surface area contributed by atoms with Crippen LogP contribution in [0.3, 0.4) is 0 Å². The molecule has 1 aromatic heterocycles. The third-order valence-electron chi connectivity index (χ3n) is 5.01. The highest BCUT2D eigenvalue weighted by molar-refractivity contribution is 7.99. The average molecular weight is 423 g/mol. The maximum Gasteiger partial charge on any atom is 0.222 e. The Morgan fingerprint density at radius 1 is 1.03 bits per heavy atom. The summed E-state index contributed by atoms with van der Waals surface area (Å²) in [5.41, 5.74) is 4.80. The van der Waals surface area contributed by atoms with Gasteiger partial charge in [-0.1, -0.05) is 59.8 Å². The molecule has 0 radical (unpaired) electrons. The van der Waals surface area contributed by atoms with Crippen LogP contribution in [0.2, 0.25) is 0 Å². The first-order valence-electron chi connectivity index (χ1n) is 10.3. The Morgan fingerprint density at radius 3 is 2.50 bits per heavy atom. The molecule has 0 N–H and O–H groups in total. The lowest BCUT2D eigenvalue weighted by Gasteiger charge is -2.14. The van der Waals surface area contributed by atoms with Gasteiger partial charge < -0.3 is 4.90 Å². The number of hydrogen-bond donors (Lipinski definition) is 0. The van der Waals surface area contributed by atoms with Gasteiger partial charge in [0, 0.05) is 32.7 Å². The maximum absolute atomic E-state index is 11.7. The minimum absolute atomic E-state index is 0.184. The molecule has 0 saturated heterocycles. The summed E-state index contributed by atoms with van der Waals surface area (Å²) in [6, 6.07) is 16.9. The van der Waals surface area contributed by atoms with Gasteiger partial charge in [-0.2, -0.15) is 0 Å². The zero-order chi connectivity index (χ0) is 21.5. The number of hydrogen-bond acceptors (Lipinski definition) is 4. The number of rotatable bonds is 9. The predicted molar refractivity (Wildman–Crippen MR) is 123 cm³/mol. The number of aryl methyl sites for hydroxylation is 2. The van der Waals surface area contributed by atoms with Crippen molar-refractivity contribution in [3.63, 3.8) is 0 Å². The Kier molecular flexibility index (Phi) is 7.69. The highest BCUT2D eigenvalue weighted by Gasteiger charge is 2.16. The highest BCUT2D eigenvalue weighted by Crippen LogP contribution is 2.27. The van der Waals surface area contributed by atoms with Gasteiger partial charge in [0.05, 0.1) is 5.69 Å². The molecule has 1 heterocycles. The molecule has 0 aliphatic carbocycles. The summed E-state index contributed by atoms with van der Waals surface area (Å²) >= 11 is 1.71. The van der Waals surface area contributed by atoms with E-state index in [1.54, 1.807) is 30.8 Å². The van der Waals surface area contributed by atoms with Crippen LogP contribution in [0.1, 0.15) is 41.8 Å². The van der Waals surface area contributed by atoms with Crippen LogP contribution in [0.25, 0.3) is 5.69 Å². The van der Waals surface area contributed by atoms with Gasteiger partial charge in [-0.05, 0) is 43.9 Å². The summed E-state index contributed by atoms with van der Waals surface area (Å²) in [7, 11) is 3.61. The fourth-order valence-corrected chi connectivity index (χ4v) is 4.31. The molecule has 1 amide bonds. The molecule has 0 spiro atoms. The number of carbonyl (C=O) groups is 1. The fourth-order valence-electron chi connectivity index (χ4n) is 3.35. The zero-order valence-electron chi connectivity index (χ0n) is 18.3. The number of aromatic nitrogens is 3. The number of nitrogens with zero attached hydrogens (tertiary/aromatic N) is 4. The van der Waals surface area contributed by atoms with E-state index in [1.807, 2.05) is 6.07 Å². The molecule has 0 bridgehead atoms. The summed E-state index contributed by atoms with van der Waals surface area (Å²) in [6.07, 6.45) is 3.19. The van der Waals surface area contributed by atoms with E-state index < -0.39 is 0 Å². The van der Waals surface area contributed by atoms with Crippen LogP contribution in [0, 0.1) is 13.8 Å². The normalized spacial score (nSPS) is 10.9. The van der Waals surface area contributed by atoms with Crippen LogP contribution in [0.5, 0.6) is 0 Å². The largest absolute Gasteiger partial charge is 0.349 e. The molecule has 0 saturated carbocycles. The Labute approximate surface area is 183 Å². The van der Waals surface area contributed by atoms with Crippen molar-refractivity contribution in [1.29, 1.82) is 0 Å². The van der Waals surface area contributed by atoms with Crippen molar-refractivity contribution in [3.8, 4) is 5.69 Å². The van der Waals surface area contributed by atoms with Crippen LogP contribution in [-0.4, -0.2) is 45.4 Å². The molecule has 158 valence electrons. The number of unbranched alkanes of at least 4 members (excludes halogenated alkanes) is 1. The van der Waals surface area contributed by atoms with Crippen molar-refractivity contribution < 1.29 is 4.79 Å². The standard InChI is InChI=1S/C24H30N4OS/c1-18-13-14-21(19(2)16-18)28-22(17-20-10-6-5-7-11-20)25-26-24(28)30-15-9-8-12-23(29)27(3)4/h5-7,10-11,13-14,16H,8-9,12,15,17H2,1-4H3. The quantitative estimate of drug-likeness (QED) is 0.366. The number of amides is 1. The number of carbonyl (C=O) groups excluding carboxylic acids is 1. The second-order valence-electron chi connectivity index (χ2n) is 7.78. The minimum Gasteiger partial charge on any atom is -0.349 e. The molecule has 30 heavy (non-hydrogen) atoms. The predicted octanol–water partition coefficient (Wildman–Crippen LogP) is 4.83. The van der Waals surface area contributed by atoms with Crippen molar-refractivity contribution >= 4 is 17.7 Å². The van der Waals surface area contributed by atoms with E-state index in [2.05, 4.69) is 71.1 Å². The van der Waals surface area contributed by atoms with E-state index in [4.69, 9.17) is 0 Å². The highest BCUT2D eigenvalue weighted by atomic mass is 32.2. The number of benzene rings is 2. The molecule has 3 aromatic rings. The van der Waals surface area contributed by atoms with Crippen molar-refractivity contribution in [2.24, 2.45) is 0 Å². The zero-order valence-corrected chi connectivity index (χ0v) is 19.1. The lowest BCUT2D eigenvalue weighted by molar-refractivity contribution is -0.128. The summed E-state index contributed by atoms with van der Waals surface area (Å²) in [6.45, 7) is 4.24. The first-order chi connectivity index (χ1) is 14.5. The second-order valence-corrected chi connectivity index (χ2v) is 8.84. The molecule has 0 fully saturated rings. The first kappa shape index (κ1) is 22.1. The molecule has 5 nitrogen and oxygen atoms in total. The van der Waals surface area contributed by atoms with Crippen molar-refractivity contribution in [2.75, 3.05) is 19.8 Å². The molecule has 0 atom stereocenters. The van der Waals surface area contributed by atoms with Gasteiger partial charge in [0.15, 0.2) is 5.16 Å². The van der Waals surface area contributed by atoms with Crippen LogP contribution < -0.4 is 0 Å². The summed E-state index contributed by atoms with van der Waals surface area (Å²) in [5, 5.41) is 9.96. The fraction of sp³-hybridized carbons (Fsp3) is 0.375. The minimum atomic E-state index is 0.184. The molecular formula is C24H30N4OS. The topological polar surface area (TPSA) is 51.0 Å². The first-order valence-corrected chi connectivity index (χ1v) is 11.3. The monoisotopic (exact) mass is 422 g/mol. The Bertz CT molecular complexity index is 982. The smallest absolute Gasteiger partial charge is 0.222 e. The van der Waals surface area contributed by atoms with Gasteiger partial charge >= 0.3 is 0 Å². The Balaban J connectivity index is 1.78. The van der Waals surface area contributed by atoms with E-state index in [0.717, 1.165) is 41.7 Å². The average Bonchev–Trinajstić information content (AvgIpc) is 3.10. The molecular weight excluding hydrogens is 392 g/mol. The lowest BCUT2D eigenvalue weighted by atomic mass is 10.1. The second kappa shape index (κ2) is 10.4. The molecule has 2 aromatic carbocycles. The lowest BCUT2D eigenvalue weighted by Crippen LogP contribution is -2.21. The van der Waals surface area contributed by atoms with E-state index >= 15 is 0 Å². The van der Waals surface area contributed by atoms with Gasteiger partial charge in [-0.15, -0.1) is 10.2 Å². The van der Waals surface area contributed by atoms with E-state index in [1.165, 1.54) is 16.7 Å². The molecule has 3 rings (SSSR count). The third kappa shape index (κ3) is 5.72. The summed E-state index contributed by atoms with van der Waals surface area (Å²) in [5.74, 6) is 2.04. The summed E-state index contributed by atoms with van der Waals surface area (Å²) < 4.78 is 2.19. The molecule has 0 aliphatic rings. The summed E-state index contributed by atoms with van der Waals surface area (Å²) in [4.78, 5) is 13.4. The van der Waals surface area contributed by atoms with Crippen LogP contribution in [0.15, 0.2) is 53.7 Å². The van der Waals surface area contributed by atoms with Gasteiger partial charge in [-0.25, -0.2) is 0 Å². The van der Waals surface area contributed by atoms with Gasteiger partial charge in [0.2, 0.25) is 5.91 Å². The van der Waals surface area contributed by atoms with Crippen molar-refractivity contribution in [3.05, 3.63) is 71.0 Å². The van der Waals surface area contributed by atoms with E-state index in [9.17, 15) is 4.79 Å². The Morgan fingerprint density at radius 2 is 1.80 bits per heavy atom. The molecule has 0 aliphatic heterocycles. The Hall–Kier alpha value is -2.60. The van der Waals surface area contributed by atoms with Gasteiger partial charge in [0.25, 0.3) is 0 Å². The number of thioether (sulfide) groups is 1. The van der Waals surface area contributed by atoms with Crippen LogP contribution in [0.4, 0.5) is 0 Å². The SMILES string of the molecule is Cc1ccc(-n2c(Cc3ccccc3)nnc2SCCCCC(=O)N(C)C)c(C)c1. The van der Waals surface area contributed by atoms with Crippen molar-refractivity contribution in [1.82, 2.24) is 19.7 Å². The van der Waals surface area contributed by atoms with Crippen LogP contribution >= 0.6 is 11.8 Å². The van der Waals surface area contributed by atoms with Gasteiger partial charge in [0.1, 0.15) is 5.82 Å². The van der Waals surface area contributed by atoms with Gasteiger partial charge in [-0.3, -0.25) is 9.36 Å². The van der Waals surface area contributed by atoms with Crippen molar-refractivity contribution in [2.45, 2.75) is 44.7 Å². The molecule has 6 heteroatoms. The van der Waals surface area contributed by atoms with Crippen LogP contribution in [-0.2, 0) is 11.2 Å². The maximum atomic E-state index is 11.7. The van der Waals surface area contributed by atoms with E-state index in [0.29, 0.717) is 6.42 Å². The third-order valence-corrected chi connectivity index (χ3v) is 6.03.